The molecular weight excluding hydrogens is 178 g/mol. The predicted molar refractivity (Wildman–Crippen MR) is 59.7 cm³/mol. The predicted octanol–water partition coefficient (Wildman–Crippen LogP) is 3.76. The molecule has 0 N–H and O–H groups in total. The molecule has 0 heterocycles. The summed E-state index contributed by atoms with van der Waals surface area (Å²) in [6.45, 7) is 2.19. The maximum atomic E-state index is 4.55. The minimum absolute atomic E-state index is 0.906. The van der Waals surface area contributed by atoms with Crippen molar-refractivity contribution in [2.24, 2.45) is 4.99 Å². The lowest BCUT2D eigenvalue weighted by molar-refractivity contribution is 0.795. The average molecular weight is 191 g/mol. The number of thiocarbonyl (C=S) groups is 1. The van der Waals surface area contributed by atoms with Crippen molar-refractivity contribution in [3.8, 4) is 0 Å². The highest BCUT2D eigenvalue weighted by Crippen LogP contribution is 2.14. The lowest BCUT2D eigenvalue weighted by atomic mass is 10.1. The molecule has 0 saturated carbocycles. The molecule has 0 fully saturated rings. The van der Waals surface area contributed by atoms with Crippen LogP contribution in [0.25, 0.3) is 0 Å². The summed E-state index contributed by atoms with van der Waals surface area (Å²) in [5.41, 5.74) is 2.23. The van der Waals surface area contributed by atoms with Gasteiger partial charge in [-0.05, 0) is 42.8 Å². The monoisotopic (exact) mass is 191 g/mol. The lowest BCUT2D eigenvalue weighted by Gasteiger charge is -1.99. The molecule has 1 rings (SSSR count). The summed E-state index contributed by atoms with van der Waals surface area (Å²) in [7, 11) is 0. The molecule has 2 heteroatoms. The van der Waals surface area contributed by atoms with Gasteiger partial charge in [-0.1, -0.05) is 25.5 Å². The van der Waals surface area contributed by atoms with E-state index in [1.54, 1.807) is 0 Å². The number of unbranched alkanes of at least 4 members (excludes halogenated alkanes) is 1. The van der Waals surface area contributed by atoms with Gasteiger partial charge in [0.25, 0.3) is 0 Å². The van der Waals surface area contributed by atoms with Crippen LogP contribution in [-0.4, -0.2) is 5.16 Å². The normalized spacial score (nSPS) is 9.31. The molecule has 1 aromatic rings. The van der Waals surface area contributed by atoms with Crippen LogP contribution in [0.15, 0.2) is 29.3 Å². The van der Waals surface area contributed by atoms with E-state index in [0.717, 1.165) is 12.1 Å². The number of aliphatic imine (C=N–C) groups is 1. The van der Waals surface area contributed by atoms with Gasteiger partial charge in [-0.3, -0.25) is 0 Å². The maximum absolute atomic E-state index is 4.55. The molecular formula is C11H13NS. The Balaban J connectivity index is 2.73. The van der Waals surface area contributed by atoms with Crippen LogP contribution in [-0.2, 0) is 6.42 Å². The minimum Gasteiger partial charge on any atom is -0.195 e. The Morgan fingerprint density at radius 2 is 2.31 bits per heavy atom. The SMILES string of the molecule is CCCCc1cccc(N=C=S)c1. The van der Waals surface area contributed by atoms with Gasteiger partial charge in [0.05, 0.1) is 10.8 Å². The van der Waals surface area contributed by atoms with Gasteiger partial charge in [-0.15, -0.1) is 0 Å². The van der Waals surface area contributed by atoms with Crippen molar-refractivity contribution in [3.05, 3.63) is 29.8 Å². The summed E-state index contributed by atoms with van der Waals surface area (Å²) in [6.07, 6.45) is 3.57. The fourth-order valence-corrected chi connectivity index (χ4v) is 1.32. The molecule has 13 heavy (non-hydrogen) atoms. The van der Waals surface area contributed by atoms with Crippen LogP contribution in [0, 0.1) is 0 Å². The van der Waals surface area contributed by atoms with Crippen LogP contribution in [0.3, 0.4) is 0 Å². The zero-order chi connectivity index (χ0) is 9.52. The Hall–Kier alpha value is -0.980. The highest BCUT2D eigenvalue weighted by atomic mass is 32.1. The quantitative estimate of drug-likeness (QED) is 0.521. The van der Waals surface area contributed by atoms with Crippen molar-refractivity contribution in [2.75, 3.05) is 0 Å². The van der Waals surface area contributed by atoms with Gasteiger partial charge < -0.3 is 0 Å². The Bertz CT molecular complexity index is 314. The second-order valence-corrected chi connectivity index (χ2v) is 3.16. The van der Waals surface area contributed by atoms with Gasteiger partial charge in [0, 0.05) is 0 Å². The van der Waals surface area contributed by atoms with Crippen LogP contribution in [0.1, 0.15) is 25.3 Å². The number of rotatable bonds is 4. The number of isothiocyanates is 1. The highest BCUT2D eigenvalue weighted by Gasteiger charge is 1.93. The molecule has 0 aliphatic heterocycles. The van der Waals surface area contributed by atoms with Crippen LogP contribution in [0.2, 0.25) is 0 Å². The van der Waals surface area contributed by atoms with E-state index in [-0.39, 0.29) is 0 Å². The summed E-state index contributed by atoms with van der Waals surface area (Å²) in [5.74, 6) is 0. The summed E-state index contributed by atoms with van der Waals surface area (Å²) < 4.78 is 0. The number of benzene rings is 1. The molecule has 0 bridgehead atoms. The highest BCUT2D eigenvalue weighted by molar-refractivity contribution is 7.78. The zero-order valence-electron chi connectivity index (χ0n) is 7.79. The van der Waals surface area contributed by atoms with E-state index in [4.69, 9.17) is 0 Å². The Morgan fingerprint density at radius 1 is 1.46 bits per heavy atom. The van der Waals surface area contributed by atoms with Crippen molar-refractivity contribution in [1.82, 2.24) is 0 Å². The number of nitrogens with zero attached hydrogens (tertiary/aromatic N) is 1. The van der Waals surface area contributed by atoms with Crippen molar-refractivity contribution < 1.29 is 0 Å². The summed E-state index contributed by atoms with van der Waals surface area (Å²) in [5, 5.41) is 2.38. The van der Waals surface area contributed by atoms with Crippen LogP contribution < -0.4 is 0 Å². The minimum atomic E-state index is 0.906. The Kier molecular flexibility index (Phi) is 4.37. The van der Waals surface area contributed by atoms with Crippen molar-refractivity contribution >= 4 is 23.1 Å². The van der Waals surface area contributed by atoms with Crippen molar-refractivity contribution in [2.45, 2.75) is 26.2 Å². The molecule has 68 valence electrons. The average Bonchev–Trinajstić information content (AvgIpc) is 2.16. The molecule has 0 amide bonds. The van der Waals surface area contributed by atoms with E-state index < -0.39 is 0 Å². The third-order valence-electron chi connectivity index (χ3n) is 1.90. The van der Waals surface area contributed by atoms with Gasteiger partial charge in [-0.2, -0.15) is 4.99 Å². The van der Waals surface area contributed by atoms with Crippen LogP contribution in [0.5, 0.6) is 0 Å². The third kappa shape index (κ3) is 3.49. The van der Waals surface area contributed by atoms with E-state index in [9.17, 15) is 0 Å². The molecule has 0 aliphatic rings. The smallest absolute Gasteiger partial charge is 0.0742 e. The summed E-state index contributed by atoms with van der Waals surface area (Å²) in [6, 6.07) is 8.14. The Morgan fingerprint density at radius 3 is 3.00 bits per heavy atom. The maximum Gasteiger partial charge on any atom is 0.0742 e. The van der Waals surface area contributed by atoms with Gasteiger partial charge in [0.2, 0.25) is 0 Å². The largest absolute Gasteiger partial charge is 0.195 e. The first-order valence-electron chi connectivity index (χ1n) is 4.53. The molecule has 0 radical (unpaired) electrons. The Labute approximate surface area is 84.5 Å². The van der Waals surface area contributed by atoms with Crippen molar-refractivity contribution in [1.29, 1.82) is 0 Å². The number of aryl methyl sites for hydroxylation is 1. The molecule has 0 atom stereocenters. The second-order valence-electron chi connectivity index (χ2n) is 2.98. The summed E-state index contributed by atoms with van der Waals surface area (Å²) >= 11 is 4.55. The van der Waals surface area contributed by atoms with Gasteiger partial charge in [0.15, 0.2) is 0 Å². The fraction of sp³-hybridized carbons (Fsp3) is 0.364. The first-order valence-corrected chi connectivity index (χ1v) is 4.94. The van der Waals surface area contributed by atoms with Gasteiger partial charge in [-0.25, -0.2) is 0 Å². The van der Waals surface area contributed by atoms with E-state index >= 15 is 0 Å². The fourth-order valence-electron chi connectivity index (χ4n) is 1.22. The molecule has 0 aromatic heterocycles. The topological polar surface area (TPSA) is 12.4 Å². The van der Waals surface area contributed by atoms with Crippen molar-refractivity contribution in [3.63, 3.8) is 0 Å². The molecule has 0 spiro atoms. The van der Waals surface area contributed by atoms with E-state index in [1.165, 1.54) is 18.4 Å². The van der Waals surface area contributed by atoms with E-state index in [0.29, 0.717) is 0 Å². The number of hydrogen-bond acceptors (Lipinski definition) is 2. The van der Waals surface area contributed by atoms with Crippen LogP contribution in [0.4, 0.5) is 5.69 Å². The third-order valence-corrected chi connectivity index (χ3v) is 2.00. The standard InChI is InChI=1S/C11H13NS/c1-2-3-5-10-6-4-7-11(8-10)12-9-13/h4,6-8H,2-3,5H2,1H3. The lowest BCUT2D eigenvalue weighted by Crippen LogP contribution is -1.82. The first-order chi connectivity index (χ1) is 6.36. The van der Waals surface area contributed by atoms with E-state index in [2.05, 4.69) is 41.4 Å². The zero-order valence-corrected chi connectivity index (χ0v) is 8.60. The molecule has 0 unspecified atom stereocenters. The molecule has 1 nitrogen and oxygen atoms in total. The molecule has 1 aromatic carbocycles. The second kappa shape index (κ2) is 5.63. The summed E-state index contributed by atoms with van der Waals surface area (Å²) in [4.78, 5) is 3.94. The van der Waals surface area contributed by atoms with E-state index in [1.807, 2.05) is 12.1 Å². The molecule has 0 aliphatic carbocycles. The van der Waals surface area contributed by atoms with Crippen LogP contribution >= 0.6 is 12.2 Å². The number of hydrogen-bond donors (Lipinski definition) is 0. The van der Waals surface area contributed by atoms with Gasteiger partial charge >= 0.3 is 0 Å². The first kappa shape index (κ1) is 10.1. The molecule has 0 saturated heterocycles. The van der Waals surface area contributed by atoms with Gasteiger partial charge in [0.1, 0.15) is 0 Å².